The van der Waals surface area contributed by atoms with Gasteiger partial charge in [0.1, 0.15) is 5.15 Å². The summed E-state index contributed by atoms with van der Waals surface area (Å²) >= 11 is 12.1. The Labute approximate surface area is 162 Å². The van der Waals surface area contributed by atoms with E-state index < -0.39 is 10.0 Å². The zero-order valence-electron chi connectivity index (χ0n) is 14.3. The molecule has 2 heterocycles. The molecule has 1 aliphatic rings. The largest absolute Gasteiger partial charge is 0.336 e. The Bertz CT molecular complexity index is 950. The van der Waals surface area contributed by atoms with Gasteiger partial charge < -0.3 is 4.90 Å². The quantitative estimate of drug-likeness (QED) is 0.768. The monoisotopic (exact) mass is 416 g/mol. The third kappa shape index (κ3) is 3.46. The van der Waals surface area contributed by atoms with Gasteiger partial charge in [-0.2, -0.15) is 9.40 Å². The number of piperazine rings is 1. The fraction of sp³-hybridized carbons (Fsp3) is 0.375. The van der Waals surface area contributed by atoms with Crippen molar-refractivity contribution in [3.05, 3.63) is 45.7 Å². The molecule has 0 saturated carbocycles. The molecule has 0 aliphatic carbocycles. The minimum absolute atomic E-state index is 0.149. The van der Waals surface area contributed by atoms with Crippen LogP contribution in [0.1, 0.15) is 16.1 Å². The zero-order chi connectivity index (χ0) is 19.1. The van der Waals surface area contributed by atoms with Gasteiger partial charge >= 0.3 is 0 Å². The van der Waals surface area contributed by atoms with Crippen LogP contribution >= 0.6 is 23.2 Å². The standard InChI is InChI=1S/C16H18Cl2N4O3S/c1-11-14(15(18)20(2)19-11)16(23)21-6-8-22(9-7-21)26(24,25)13-5-3-4-12(17)10-13/h3-5,10H,6-9H2,1-2H3. The average molecular weight is 417 g/mol. The number of aromatic nitrogens is 2. The number of hydrogen-bond donors (Lipinski definition) is 0. The Balaban J connectivity index is 1.74. The number of amides is 1. The van der Waals surface area contributed by atoms with Gasteiger partial charge in [-0.15, -0.1) is 0 Å². The van der Waals surface area contributed by atoms with E-state index in [1.165, 1.54) is 21.1 Å². The number of sulfonamides is 1. The van der Waals surface area contributed by atoms with Gasteiger partial charge in [0.2, 0.25) is 10.0 Å². The van der Waals surface area contributed by atoms with Crippen molar-refractivity contribution in [2.45, 2.75) is 11.8 Å². The molecule has 140 valence electrons. The predicted octanol–water partition coefficient (Wildman–Crippen LogP) is 2.18. The molecule has 10 heteroatoms. The number of aryl methyl sites for hydroxylation is 2. The average Bonchev–Trinajstić information content (AvgIpc) is 2.86. The Hall–Kier alpha value is -1.61. The van der Waals surface area contributed by atoms with Crippen molar-refractivity contribution in [1.29, 1.82) is 0 Å². The van der Waals surface area contributed by atoms with Gasteiger partial charge in [0.05, 0.1) is 16.2 Å². The molecule has 1 saturated heterocycles. The van der Waals surface area contributed by atoms with Crippen LogP contribution in [0.25, 0.3) is 0 Å². The SMILES string of the molecule is Cc1nn(C)c(Cl)c1C(=O)N1CCN(S(=O)(=O)c2cccc(Cl)c2)CC1. The van der Waals surface area contributed by atoms with Crippen LogP contribution in [0.5, 0.6) is 0 Å². The molecule has 1 fully saturated rings. The highest BCUT2D eigenvalue weighted by molar-refractivity contribution is 7.89. The maximum absolute atomic E-state index is 12.7. The van der Waals surface area contributed by atoms with Crippen molar-refractivity contribution < 1.29 is 13.2 Å². The fourth-order valence-electron chi connectivity index (χ4n) is 2.94. The molecule has 0 bridgehead atoms. The van der Waals surface area contributed by atoms with E-state index in [1.54, 1.807) is 31.0 Å². The van der Waals surface area contributed by atoms with Crippen molar-refractivity contribution >= 4 is 39.1 Å². The minimum Gasteiger partial charge on any atom is -0.336 e. The van der Waals surface area contributed by atoms with Crippen LogP contribution in [0.3, 0.4) is 0 Å². The van der Waals surface area contributed by atoms with E-state index >= 15 is 0 Å². The number of carbonyl (C=O) groups excluding carboxylic acids is 1. The summed E-state index contributed by atoms with van der Waals surface area (Å²) in [6, 6.07) is 6.16. The molecule has 0 N–H and O–H groups in total. The highest BCUT2D eigenvalue weighted by atomic mass is 35.5. The summed E-state index contributed by atoms with van der Waals surface area (Å²) in [5.74, 6) is -0.236. The van der Waals surface area contributed by atoms with Gasteiger partial charge in [-0.3, -0.25) is 9.48 Å². The topological polar surface area (TPSA) is 75.5 Å². The summed E-state index contributed by atoms with van der Waals surface area (Å²) in [5, 5.41) is 4.79. The van der Waals surface area contributed by atoms with Crippen LogP contribution in [0.15, 0.2) is 29.2 Å². The van der Waals surface area contributed by atoms with Crippen LogP contribution in [0.4, 0.5) is 0 Å². The predicted molar refractivity (Wildman–Crippen MR) is 99.1 cm³/mol. The van der Waals surface area contributed by atoms with Crippen molar-refractivity contribution in [3.63, 3.8) is 0 Å². The smallest absolute Gasteiger partial charge is 0.258 e. The molecular formula is C16H18Cl2N4O3S. The first-order valence-electron chi connectivity index (χ1n) is 7.96. The van der Waals surface area contributed by atoms with E-state index in [-0.39, 0.29) is 42.1 Å². The van der Waals surface area contributed by atoms with Gasteiger partial charge in [0.25, 0.3) is 5.91 Å². The third-order valence-corrected chi connectivity index (χ3v) is 6.89. The minimum atomic E-state index is -3.64. The van der Waals surface area contributed by atoms with Crippen LogP contribution in [-0.2, 0) is 17.1 Å². The van der Waals surface area contributed by atoms with E-state index in [0.717, 1.165) is 0 Å². The molecule has 7 nitrogen and oxygen atoms in total. The molecule has 1 amide bonds. The Morgan fingerprint density at radius 1 is 1.15 bits per heavy atom. The van der Waals surface area contributed by atoms with E-state index in [1.807, 2.05) is 0 Å². The van der Waals surface area contributed by atoms with Gasteiger partial charge in [-0.05, 0) is 25.1 Å². The van der Waals surface area contributed by atoms with E-state index in [4.69, 9.17) is 23.2 Å². The second kappa shape index (κ2) is 7.19. The lowest BCUT2D eigenvalue weighted by molar-refractivity contribution is 0.0697. The second-order valence-electron chi connectivity index (χ2n) is 6.03. The lowest BCUT2D eigenvalue weighted by Crippen LogP contribution is -2.50. The Morgan fingerprint density at radius 2 is 1.81 bits per heavy atom. The number of benzene rings is 1. The van der Waals surface area contributed by atoms with Crippen LogP contribution in [0.2, 0.25) is 10.2 Å². The molecule has 26 heavy (non-hydrogen) atoms. The molecule has 1 aromatic heterocycles. The number of carbonyl (C=O) groups is 1. The lowest BCUT2D eigenvalue weighted by atomic mass is 10.2. The third-order valence-electron chi connectivity index (χ3n) is 4.33. The van der Waals surface area contributed by atoms with Gasteiger partial charge in [-0.1, -0.05) is 29.3 Å². The number of hydrogen-bond acceptors (Lipinski definition) is 4. The maximum atomic E-state index is 12.7. The normalized spacial score (nSPS) is 16.1. The Kier molecular flexibility index (Phi) is 5.30. The summed E-state index contributed by atoms with van der Waals surface area (Å²) in [6.07, 6.45) is 0. The summed E-state index contributed by atoms with van der Waals surface area (Å²) in [6.45, 7) is 2.70. The first kappa shape index (κ1) is 19.2. The number of nitrogens with zero attached hydrogens (tertiary/aromatic N) is 4. The maximum Gasteiger partial charge on any atom is 0.258 e. The van der Waals surface area contributed by atoms with Crippen molar-refractivity contribution in [3.8, 4) is 0 Å². The highest BCUT2D eigenvalue weighted by Crippen LogP contribution is 2.24. The van der Waals surface area contributed by atoms with Crippen molar-refractivity contribution in [2.24, 2.45) is 7.05 Å². The summed E-state index contributed by atoms with van der Waals surface area (Å²) < 4.78 is 28.3. The second-order valence-corrected chi connectivity index (χ2v) is 8.76. The molecule has 1 aromatic carbocycles. The van der Waals surface area contributed by atoms with Crippen LogP contribution in [-0.4, -0.2) is 59.5 Å². The van der Waals surface area contributed by atoms with E-state index in [2.05, 4.69) is 5.10 Å². The first-order valence-corrected chi connectivity index (χ1v) is 10.2. The summed E-state index contributed by atoms with van der Waals surface area (Å²) in [7, 11) is -1.97. The molecule has 2 aromatic rings. The van der Waals surface area contributed by atoms with Gasteiger partial charge in [0.15, 0.2) is 0 Å². The van der Waals surface area contributed by atoms with Gasteiger partial charge in [0, 0.05) is 38.2 Å². The van der Waals surface area contributed by atoms with Gasteiger partial charge in [-0.25, -0.2) is 8.42 Å². The number of halogens is 2. The highest BCUT2D eigenvalue weighted by Gasteiger charge is 2.32. The summed E-state index contributed by atoms with van der Waals surface area (Å²) in [5.41, 5.74) is 0.914. The molecular weight excluding hydrogens is 399 g/mol. The zero-order valence-corrected chi connectivity index (χ0v) is 16.6. The number of rotatable bonds is 3. The Morgan fingerprint density at radius 3 is 2.35 bits per heavy atom. The van der Waals surface area contributed by atoms with Crippen LogP contribution < -0.4 is 0 Å². The van der Waals surface area contributed by atoms with E-state index in [0.29, 0.717) is 16.3 Å². The molecule has 0 unspecified atom stereocenters. The molecule has 0 atom stereocenters. The van der Waals surface area contributed by atoms with Crippen LogP contribution in [0, 0.1) is 6.92 Å². The first-order chi connectivity index (χ1) is 12.2. The molecule has 0 radical (unpaired) electrons. The fourth-order valence-corrected chi connectivity index (χ4v) is 4.92. The van der Waals surface area contributed by atoms with Crippen molar-refractivity contribution in [1.82, 2.24) is 19.0 Å². The molecule has 3 rings (SSSR count). The molecule has 0 spiro atoms. The summed E-state index contributed by atoms with van der Waals surface area (Å²) in [4.78, 5) is 14.5. The van der Waals surface area contributed by atoms with Crippen molar-refractivity contribution in [2.75, 3.05) is 26.2 Å². The molecule has 1 aliphatic heterocycles. The lowest BCUT2D eigenvalue weighted by Gasteiger charge is -2.34. The van der Waals surface area contributed by atoms with E-state index in [9.17, 15) is 13.2 Å².